The van der Waals surface area contributed by atoms with Crippen LogP contribution in [0.2, 0.25) is 0 Å². The first kappa shape index (κ1) is 13.5. The van der Waals surface area contributed by atoms with Crippen LogP contribution in [0, 0.1) is 25.6 Å². The minimum absolute atomic E-state index is 0.0175. The Hall–Kier alpha value is -0.940. The molecule has 1 aromatic carbocycles. The summed E-state index contributed by atoms with van der Waals surface area (Å²) in [6.07, 6.45) is -0.362. The Morgan fingerprint density at radius 2 is 1.89 bits per heavy atom. The quantitative estimate of drug-likeness (QED) is 0.894. The molecule has 0 amide bonds. The number of aliphatic hydroxyl groups is 1. The van der Waals surface area contributed by atoms with Crippen molar-refractivity contribution in [2.24, 2.45) is 5.92 Å². The summed E-state index contributed by atoms with van der Waals surface area (Å²) in [5.41, 5.74) is 1.56. The molecule has 1 N–H and O–H groups in total. The molecule has 1 heterocycles. The van der Waals surface area contributed by atoms with Gasteiger partial charge in [-0.1, -0.05) is 12.1 Å². The molecule has 1 saturated heterocycles. The zero-order chi connectivity index (χ0) is 13.5. The number of hydrogen-bond acceptors (Lipinski definition) is 3. The normalized spacial score (nSPS) is 24.1. The molecule has 1 fully saturated rings. The Bertz CT molecular complexity index is 543. The molecule has 5 heteroatoms. The van der Waals surface area contributed by atoms with Crippen LogP contribution in [0.4, 0.5) is 4.39 Å². The maximum Gasteiger partial charge on any atom is 0.150 e. The number of aryl methyl sites for hydroxylation is 2. The van der Waals surface area contributed by atoms with Crippen molar-refractivity contribution in [2.75, 3.05) is 11.5 Å². The van der Waals surface area contributed by atoms with Gasteiger partial charge in [-0.15, -0.1) is 0 Å². The lowest BCUT2D eigenvalue weighted by molar-refractivity contribution is 0.121. The van der Waals surface area contributed by atoms with Crippen LogP contribution in [0.5, 0.6) is 0 Å². The van der Waals surface area contributed by atoms with E-state index in [1.807, 2.05) is 0 Å². The van der Waals surface area contributed by atoms with Gasteiger partial charge in [0, 0.05) is 5.92 Å². The van der Waals surface area contributed by atoms with Crippen molar-refractivity contribution >= 4 is 9.84 Å². The summed E-state index contributed by atoms with van der Waals surface area (Å²) in [4.78, 5) is 0. The van der Waals surface area contributed by atoms with Gasteiger partial charge >= 0.3 is 0 Å². The minimum Gasteiger partial charge on any atom is -0.388 e. The lowest BCUT2D eigenvalue weighted by Crippen LogP contribution is -2.15. The summed E-state index contributed by atoms with van der Waals surface area (Å²) in [6, 6.07) is 3.19. The largest absolute Gasteiger partial charge is 0.388 e. The van der Waals surface area contributed by atoms with E-state index in [1.165, 1.54) is 0 Å². The van der Waals surface area contributed by atoms with Crippen molar-refractivity contribution < 1.29 is 17.9 Å². The van der Waals surface area contributed by atoms with Gasteiger partial charge in [0.1, 0.15) is 5.82 Å². The molecule has 1 aromatic rings. The first-order valence-corrected chi connectivity index (χ1v) is 7.77. The number of rotatable bonds is 2. The van der Waals surface area contributed by atoms with Gasteiger partial charge in [-0.25, -0.2) is 12.8 Å². The Labute approximate surface area is 107 Å². The monoisotopic (exact) mass is 272 g/mol. The number of sulfone groups is 1. The van der Waals surface area contributed by atoms with E-state index in [2.05, 4.69) is 0 Å². The summed E-state index contributed by atoms with van der Waals surface area (Å²) >= 11 is 0. The predicted octanol–water partition coefficient (Wildman–Crippen LogP) is 1.91. The predicted molar refractivity (Wildman–Crippen MR) is 67.6 cm³/mol. The summed E-state index contributed by atoms with van der Waals surface area (Å²) in [6.45, 7) is 3.29. The van der Waals surface area contributed by atoms with Crippen LogP contribution in [0.3, 0.4) is 0 Å². The van der Waals surface area contributed by atoms with Crippen molar-refractivity contribution in [3.63, 3.8) is 0 Å². The van der Waals surface area contributed by atoms with E-state index in [9.17, 15) is 17.9 Å². The summed E-state index contributed by atoms with van der Waals surface area (Å²) in [7, 11) is -3.01. The zero-order valence-corrected chi connectivity index (χ0v) is 11.3. The highest BCUT2D eigenvalue weighted by Crippen LogP contribution is 2.32. The molecule has 0 radical (unpaired) electrons. The lowest BCUT2D eigenvalue weighted by atomic mass is 9.93. The molecule has 2 unspecified atom stereocenters. The second kappa shape index (κ2) is 4.63. The van der Waals surface area contributed by atoms with Crippen molar-refractivity contribution in [2.45, 2.75) is 26.4 Å². The minimum atomic E-state index is -3.01. The van der Waals surface area contributed by atoms with Crippen molar-refractivity contribution in [3.05, 3.63) is 34.6 Å². The first-order valence-electron chi connectivity index (χ1n) is 5.95. The van der Waals surface area contributed by atoms with Gasteiger partial charge in [-0.2, -0.15) is 0 Å². The van der Waals surface area contributed by atoms with Crippen molar-refractivity contribution in [3.8, 4) is 0 Å². The van der Waals surface area contributed by atoms with Crippen LogP contribution in [0.1, 0.15) is 29.2 Å². The number of hydrogen-bond donors (Lipinski definition) is 1. The Morgan fingerprint density at radius 3 is 2.33 bits per heavy atom. The molecule has 0 bridgehead atoms. The van der Waals surface area contributed by atoms with Crippen LogP contribution in [-0.2, 0) is 9.84 Å². The number of aliphatic hydroxyl groups excluding tert-OH is 1. The molecule has 0 saturated carbocycles. The fourth-order valence-corrected chi connectivity index (χ4v) is 4.32. The van der Waals surface area contributed by atoms with Gasteiger partial charge in [0.15, 0.2) is 9.84 Å². The van der Waals surface area contributed by atoms with E-state index in [0.29, 0.717) is 23.1 Å². The molecule has 100 valence electrons. The van der Waals surface area contributed by atoms with Crippen LogP contribution >= 0.6 is 0 Å². The molecule has 1 aliphatic heterocycles. The maximum absolute atomic E-state index is 13.5. The fraction of sp³-hybridized carbons (Fsp3) is 0.538. The molecule has 1 aliphatic rings. The van der Waals surface area contributed by atoms with Crippen LogP contribution in [0.15, 0.2) is 12.1 Å². The summed E-state index contributed by atoms with van der Waals surface area (Å²) in [5.74, 6) is -0.401. The van der Waals surface area contributed by atoms with Gasteiger partial charge in [-0.05, 0) is 37.0 Å². The number of halogens is 1. The van der Waals surface area contributed by atoms with Gasteiger partial charge < -0.3 is 5.11 Å². The summed E-state index contributed by atoms with van der Waals surface area (Å²) < 4.78 is 36.3. The SMILES string of the molecule is Cc1cc(C(O)C2CCS(=O)(=O)C2)cc(C)c1F. The molecule has 2 atom stereocenters. The average molecular weight is 272 g/mol. The van der Waals surface area contributed by atoms with Crippen molar-refractivity contribution in [1.82, 2.24) is 0 Å². The molecule has 0 aromatic heterocycles. The molecule has 18 heavy (non-hydrogen) atoms. The van der Waals surface area contributed by atoms with E-state index < -0.39 is 15.9 Å². The van der Waals surface area contributed by atoms with Crippen LogP contribution in [0.25, 0.3) is 0 Å². The molecular weight excluding hydrogens is 255 g/mol. The smallest absolute Gasteiger partial charge is 0.150 e. The molecule has 2 rings (SSSR count). The van der Waals surface area contributed by atoms with Crippen LogP contribution < -0.4 is 0 Å². The fourth-order valence-electron chi connectivity index (χ4n) is 2.50. The van der Waals surface area contributed by atoms with Gasteiger partial charge in [0.05, 0.1) is 17.6 Å². The van der Waals surface area contributed by atoms with Crippen LogP contribution in [-0.4, -0.2) is 25.0 Å². The zero-order valence-electron chi connectivity index (χ0n) is 10.5. The summed E-state index contributed by atoms with van der Waals surface area (Å²) in [5, 5.41) is 10.2. The van der Waals surface area contributed by atoms with E-state index in [1.54, 1.807) is 26.0 Å². The third kappa shape index (κ3) is 2.57. The van der Waals surface area contributed by atoms with Gasteiger partial charge in [0.2, 0.25) is 0 Å². The van der Waals surface area contributed by atoms with Crippen molar-refractivity contribution in [1.29, 1.82) is 0 Å². The number of benzene rings is 1. The highest BCUT2D eigenvalue weighted by Gasteiger charge is 2.33. The second-order valence-electron chi connectivity index (χ2n) is 5.08. The molecule has 0 aliphatic carbocycles. The second-order valence-corrected chi connectivity index (χ2v) is 7.31. The Kier molecular flexibility index (Phi) is 3.47. The lowest BCUT2D eigenvalue weighted by Gasteiger charge is -2.18. The Morgan fingerprint density at radius 1 is 1.33 bits per heavy atom. The topological polar surface area (TPSA) is 54.4 Å². The Balaban J connectivity index is 2.27. The average Bonchev–Trinajstić information content (AvgIpc) is 2.65. The van der Waals surface area contributed by atoms with E-state index in [-0.39, 0.29) is 23.2 Å². The van der Waals surface area contributed by atoms with E-state index in [0.717, 1.165) is 0 Å². The van der Waals surface area contributed by atoms with Gasteiger partial charge in [0.25, 0.3) is 0 Å². The first-order chi connectivity index (χ1) is 8.30. The third-order valence-corrected chi connectivity index (χ3v) is 5.31. The maximum atomic E-state index is 13.5. The molecule has 0 spiro atoms. The standard InChI is InChI=1S/C13H17FO3S/c1-8-5-11(6-9(2)12(8)14)13(15)10-3-4-18(16,17)7-10/h5-6,10,13,15H,3-4,7H2,1-2H3. The third-order valence-electron chi connectivity index (χ3n) is 3.51. The highest BCUT2D eigenvalue weighted by molar-refractivity contribution is 7.91. The molecule has 3 nitrogen and oxygen atoms in total. The van der Waals surface area contributed by atoms with E-state index >= 15 is 0 Å². The van der Waals surface area contributed by atoms with E-state index in [4.69, 9.17) is 0 Å². The highest BCUT2D eigenvalue weighted by atomic mass is 32.2. The van der Waals surface area contributed by atoms with Gasteiger partial charge in [-0.3, -0.25) is 0 Å². The molecular formula is C13H17FO3S.